The van der Waals surface area contributed by atoms with E-state index >= 15 is 0 Å². The van der Waals surface area contributed by atoms with Gasteiger partial charge in [-0.1, -0.05) is 0 Å². The largest absolute Gasteiger partial charge is 0.462 e. The Bertz CT molecular complexity index is 1030. The van der Waals surface area contributed by atoms with Crippen molar-refractivity contribution in [1.29, 1.82) is 0 Å². The molecule has 0 spiro atoms. The summed E-state index contributed by atoms with van der Waals surface area (Å²) in [6.45, 7) is 8.50. The van der Waals surface area contributed by atoms with Crippen molar-refractivity contribution < 1.29 is 9.53 Å². The Kier molecular flexibility index (Phi) is 6.34. The van der Waals surface area contributed by atoms with Crippen molar-refractivity contribution in [3.05, 3.63) is 80.2 Å². The predicted octanol–water partition coefficient (Wildman–Crippen LogP) is 5.93. The molecule has 28 heavy (non-hydrogen) atoms. The zero-order valence-electron chi connectivity index (χ0n) is 16.5. The van der Waals surface area contributed by atoms with Gasteiger partial charge in [-0.2, -0.15) is 0 Å². The molecule has 0 unspecified atom stereocenters. The summed E-state index contributed by atoms with van der Waals surface area (Å²) < 4.78 is 8.51. The predicted molar refractivity (Wildman–Crippen MR) is 122 cm³/mol. The number of hydrogen-bond acceptors (Lipinski definition) is 3. The third kappa shape index (κ3) is 4.35. The Balaban J connectivity index is 1.85. The fourth-order valence-corrected chi connectivity index (χ4v) is 3.46. The summed E-state index contributed by atoms with van der Waals surface area (Å²) in [5.41, 5.74) is 7.13. The topological polar surface area (TPSA) is 43.6 Å². The van der Waals surface area contributed by atoms with Crippen LogP contribution in [0, 0.1) is 24.3 Å². The van der Waals surface area contributed by atoms with Gasteiger partial charge in [0.1, 0.15) is 0 Å². The highest BCUT2D eigenvalue weighted by molar-refractivity contribution is 14.1. The van der Waals surface area contributed by atoms with Crippen LogP contribution >= 0.6 is 22.6 Å². The molecule has 0 saturated carbocycles. The molecule has 144 valence electrons. The van der Waals surface area contributed by atoms with Crippen molar-refractivity contribution in [1.82, 2.24) is 4.57 Å². The second-order valence-electron chi connectivity index (χ2n) is 6.62. The number of benzene rings is 2. The van der Waals surface area contributed by atoms with Gasteiger partial charge in [-0.05, 0) is 104 Å². The molecule has 0 fully saturated rings. The van der Waals surface area contributed by atoms with Gasteiger partial charge in [0.25, 0.3) is 0 Å². The summed E-state index contributed by atoms with van der Waals surface area (Å²) in [7, 11) is 0. The molecule has 1 aromatic heterocycles. The van der Waals surface area contributed by atoms with E-state index in [0.29, 0.717) is 12.2 Å². The smallest absolute Gasteiger partial charge is 0.338 e. The molecule has 0 amide bonds. The van der Waals surface area contributed by atoms with Gasteiger partial charge in [0.15, 0.2) is 0 Å². The van der Waals surface area contributed by atoms with Crippen LogP contribution in [0.1, 0.15) is 39.8 Å². The van der Waals surface area contributed by atoms with E-state index in [1.807, 2.05) is 18.3 Å². The van der Waals surface area contributed by atoms with E-state index in [1.54, 1.807) is 19.1 Å². The van der Waals surface area contributed by atoms with Crippen LogP contribution < -0.4 is 0 Å². The number of hydrogen-bond donors (Lipinski definition) is 0. The summed E-state index contributed by atoms with van der Waals surface area (Å²) in [5.74, 6) is -0.311. The zero-order valence-corrected chi connectivity index (χ0v) is 18.6. The van der Waals surface area contributed by atoms with Crippen molar-refractivity contribution in [2.45, 2.75) is 27.7 Å². The van der Waals surface area contributed by atoms with Crippen molar-refractivity contribution in [2.75, 3.05) is 6.61 Å². The Morgan fingerprint density at radius 1 is 1.11 bits per heavy atom. The molecule has 0 radical (unpaired) electrons. The van der Waals surface area contributed by atoms with Crippen LogP contribution in [-0.2, 0) is 4.74 Å². The number of aromatic nitrogens is 1. The van der Waals surface area contributed by atoms with Gasteiger partial charge in [0, 0.05) is 32.4 Å². The second-order valence-corrected chi connectivity index (χ2v) is 7.78. The first-order valence-electron chi connectivity index (χ1n) is 9.17. The minimum Gasteiger partial charge on any atom is -0.462 e. The Morgan fingerprint density at radius 3 is 2.46 bits per heavy atom. The number of halogens is 1. The van der Waals surface area contributed by atoms with Crippen molar-refractivity contribution in [3.8, 4) is 5.69 Å². The van der Waals surface area contributed by atoms with E-state index in [4.69, 9.17) is 4.74 Å². The molecular weight excluding hydrogens is 463 g/mol. The Morgan fingerprint density at radius 2 is 1.82 bits per heavy atom. The van der Waals surface area contributed by atoms with Gasteiger partial charge >= 0.3 is 5.97 Å². The van der Waals surface area contributed by atoms with Gasteiger partial charge in [0.05, 0.1) is 17.9 Å². The molecule has 0 aliphatic heterocycles. The number of nitrogens with zero attached hydrogens (tertiary/aromatic N) is 2. The lowest BCUT2D eigenvalue weighted by Crippen LogP contribution is -2.03. The molecule has 5 heteroatoms. The first-order valence-corrected chi connectivity index (χ1v) is 10.2. The summed E-state index contributed by atoms with van der Waals surface area (Å²) in [6, 6.07) is 15.8. The first kappa shape index (κ1) is 20.3. The number of ether oxygens (including phenoxy) is 1. The van der Waals surface area contributed by atoms with Gasteiger partial charge in [-0.15, -0.1) is 0 Å². The molecule has 1 heterocycles. The SMILES string of the molecule is CCOC(=O)c1ccc(N=Cc2cc(C)n(-c3ccc(I)c(C)c3)c2C)cc1. The normalized spacial score (nSPS) is 11.2. The van der Waals surface area contributed by atoms with Crippen molar-refractivity contribution in [3.63, 3.8) is 0 Å². The molecule has 0 aliphatic rings. The van der Waals surface area contributed by atoms with Crippen LogP contribution in [0.5, 0.6) is 0 Å². The van der Waals surface area contributed by atoms with E-state index in [-0.39, 0.29) is 5.97 Å². The van der Waals surface area contributed by atoms with Gasteiger partial charge < -0.3 is 9.30 Å². The van der Waals surface area contributed by atoms with Crippen LogP contribution in [0.2, 0.25) is 0 Å². The fourth-order valence-electron chi connectivity index (χ4n) is 3.13. The zero-order chi connectivity index (χ0) is 20.3. The standard InChI is InChI=1S/C23H23IN2O2/c1-5-28-23(27)18-6-8-20(9-7-18)25-14-19-13-16(3)26(17(19)4)21-10-11-22(24)15(2)12-21/h6-14H,5H2,1-4H3. The molecule has 4 nitrogen and oxygen atoms in total. The van der Waals surface area contributed by atoms with E-state index in [0.717, 1.165) is 28.3 Å². The van der Waals surface area contributed by atoms with Crippen LogP contribution in [-0.4, -0.2) is 23.4 Å². The van der Waals surface area contributed by atoms with Gasteiger partial charge in [0.2, 0.25) is 0 Å². The molecule has 0 bridgehead atoms. The highest BCUT2D eigenvalue weighted by Crippen LogP contribution is 2.23. The Hall–Kier alpha value is -2.41. The number of aryl methyl sites for hydroxylation is 2. The molecule has 0 aliphatic carbocycles. The van der Waals surface area contributed by atoms with E-state index < -0.39 is 0 Å². The lowest BCUT2D eigenvalue weighted by molar-refractivity contribution is 0.0526. The molecule has 3 rings (SSSR count). The summed E-state index contributed by atoms with van der Waals surface area (Å²) in [5, 5.41) is 0. The third-order valence-corrected chi connectivity index (χ3v) is 5.81. The van der Waals surface area contributed by atoms with Crippen molar-refractivity contribution >= 4 is 40.5 Å². The highest BCUT2D eigenvalue weighted by Gasteiger charge is 2.10. The second kappa shape index (κ2) is 8.73. The van der Waals surface area contributed by atoms with Crippen LogP contribution in [0.15, 0.2) is 53.5 Å². The van der Waals surface area contributed by atoms with E-state index in [1.165, 1.54) is 9.13 Å². The number of aliphatic imine (C=N–C) groups is 1. The minimum atomic E-state index is -0.311. The lowest BCUT2D eigenvalue weighted by Gasteiger charge is -2.11. The quantitative estimate of drug-likeness (QED) is 0.255. The van der Waals surface area contributed by atoms with Gasteiger partial charge in [-0.25, -0.2) is 4.79 Å². The fraction of sp³-hybridized carbons (Fsp3) is 0.217. The van der Waals surface area contributed by atoms with Gasteiger partial charge in [-0.3, -0.25) is 4.99 Å². The molecule has 0 N–H and O–H groups in total. The average molecular weight is 486 g/mol. The number of carbonyl (C=O) groups excluding carboxylic acids is 1. The first-order chi connectivity index (χ1) is 13.4. The molecule has 2 aromatic carbocycles. The molecular formula is C23H23IN2O2. The lowest BCUT2D eigenvalue weighted by atomic mass is 10.2. The minimum absolute atomic E-state index is 0.311. The third-order valence-electron chi connectivity index (χ3n) is 4.60. The van der Waals surface area contributed by atoms with Crippen LogP contribution in [0.25, 0.3) is 5.69 Å². The highest BCUT2D eigenvalue weighted by atomic mass is 127. The summed E-state index contributed by atoms with van der Waals surface area (Å²) >= 11 is 2.35. The van der Waals surface area contributed by atoms with E-state index in [2.05, 4.69) is 77.2 Å². The summed E-state index contributed by atoms with van der Waals surface area (Å²) in [6.07, 6.45) is 1.87. The number of rotatable bonds is 5. The monoisotopic (exact) mass is 486 g/mol. The maximum atomic E-state index is 11.7. The molecule has 0 atom stereocenters. The number of esters is 1. The number of carbonyl (C=O) groups is 1. The summed E-state index contributed by atoms with van der Waals surface area (Å²) in [4.78, 5) is 16.3. The maximum Gasteiger partial charge on any atom is 0.338 e. The molecule has 3 aromatic rings. The Labute approximate surface area is 179 Å². The van der Waals surface area contributed by atoms with Crippen LogP contribution in [0.4, 0.5) is 5.69 Å². The van der Waals surface area contributed by atoms with Crippen molar-refractivity contribution in [2.24, 2.45) is 4.99 Å². The van der Waals surface area contributed by atoms with Crippen LogP contribution in [0.3, 0.4) is 0 Å². The molecule has 0 saturated heterocycles. The maximum absolute atomic E-state index is 11.7. The van der Waals surface area contributed by atoms with E-state index in [9.17, 15) is 4.79 Å². The average Bonchev–Trinajstić information content (AvgIpc) is 2.96.